The summed E-state index contributed by atoms with van der Waals surface area (Å²) in [5.41, 5.74) is 8.81. The number of hydrogen-bond acceptors (Lipinski definition) is 4. The van der Waals surface area contributed by atoms with Gasteiger partial charge >= 0.3 is 5.97 Å². The van der Waals surface area contributed by atoms with Crippen LogP contribution in [0.15, 0.2) is 18.2 Å². The van der Waals surface area contributed by atoms with Crippen molar-refractivity contribution >= 4 is 11.7 Å². The lowest BCUT2D eigenvalue weighted by Gasteiger charge is -2.35. The smallest absolute Gasteiger partial charge is 0.338 e. The van der Waals surface area contributed by atoms with Crippen LogP contribution in [0.1, 0.15) is 42.1 Å². The molecule has 1 heterocycles. The average molecular weight is 262 g/mol. The van der Waals surface area contributed by atoms with Crippen LogP contribution in [0.5, 0.6) is 0 Å². The molecular weight excluding hydrogens is 240 g/mol. The maximum atomic E-state index is 11.8. The van der Waals surface area contributed by atoms with Gasteiger partial charge in [0.05, 0.1) is 18.3 Å². The first-order chi connectivity index (χ1) is 9.13. The van der Waals surface area contributed by atoms with Crippen molar-refractivity contribution in [2.45, 2.75) is 39.3 Å². The molecular formula is C15H22N2O2. The summed E-state index contributed by atoms with van der Waals surface area (Å²) >= 11 is 0. The Kier molecular flexibility index (Phi) is 4.43. The van der Waals surface area contributed by atoms with Crippen molar-refractivity contribution < 1.29 is 9.53 Å². The van der Waals surface area contributed by atoms with E-state index in [1.165, 1.54) is 12.8 Å². The number of piperidine rings is 1. The summed E-state index contributed by atoms with van der Waals surface area (Å²) < 4.78 is 5.04. The molecule has 2 rings (SSSR count). The Balaban J connectivity index is 2.20. The van der Waals surface area contributed by atoms with Crippen LogP contribution < -0.4 is 10.6 Å². The maximum Gasteiger partial charge on any atom is 0.338 e. The molecule has 1 aliphatic heterocycles. The molecule has 4 nitrogen and oxygen atoms in total. The van der Waals surface area contributed by atoms with Crippen LogP contribution in [0, 0.1) is 6.92 Å². The molecule has 1 saturated heterocycles. The minimum Gasteiger partial charge on any atom is -0.462 e. The molecule has 1 fully saturated rings. The van der Waals surface area contributed by atoms with E-state index in [1.807, 2.05) is 32.0 Å². The fourth-order valence-corrected chi connectivity index (χ4v) is 2.54. The van der Waals surface area contributed by atoms with E-state index in [0.29, 0.717) is 12.2 Å². The van der Waals surface area contributed by atoms with Gasteiger partial charge in [0, 0.05) is 12.2 Å². The molecule has 0 bridgehead atoms. The van der Waals surface area contributed by atoms with Gasteiger partial charge in [-0.15, -0.1) is 0 Å². The summed E-state index contributed by atoms with van der Waals surface area (Å²) in [6.45, 7) is 5.13. The summed E-state index contributed by atoms with van der Waals surface area (Å²) in [6.07, 6.45) is 3.48. The lowest BCUT2D eigenvalue weighted by Crippen LogP contribution is -2.45. The van der Waals surface area contributed by atoms with Gasteiger partial charge in [0.25, 0.3) is 0 Å². The van der Waals surface area contributed by atoms with Gasteiger partial charge in [-0.2, -0.15) is 0 Å². The Morgan fingerprint density at radius 3 is 2.89 bits per heavy atom. The lowest BCUT2D eigenvalue weighted by molar-refractivity contribution is 0.0525. The van der Waals surface area contributed by atoms with Crippen LogP contribution in [0.4, 0.5) is 5.69 Å². The number of aryl methyl sites for hydroxylation is 1. The largest absolute Gasteiger partial charge is 0.462 e. The van der Waals surface area contributed by atoms with Gasteiger partial charge in [-0.05, 0) is 56.9 Å². The van der Waals surface area contributed by atoms with E-state index in [1.54, 1.807) is 0 Å². The number of nitrogens with two attached hydrogens (primary N) is 1. The van der Waals surface area contributed by atoms with E-state index in [4.69, 9.17) is 10.5 Å². The molecule has 1 aliphatic rings. The fourth-order valence-electron chi connectivity index (χ4n) is 2.54. The average Bonchev–Trinajstić information content (AvgIpc) is 2.39. The predicted octanol–water partition coefficient (Wildman–Crippen LogP) is 2.45. The van der Waals surface area contributed by atoms with Gasteiger partial charge in [-0.3, -0.25) is 0 Å². The van der Waals surface area contributed by atoms with E-state index < -0.39 is 0 Å². The second kappa shape index (κ2) is 6.06. The summed E-state index contributed by atoms with van der Waals surface area (Å²) in [4.78, 5) is 14.0. The van der Waals surface area contributed by atoms with Gasteiger partial charge in [0.15, 0.2) is 0 Å². The Morgan fingerprint density at radius 1 is 1.47 bits per heavy atom. The summed E-state index contributed by atoms with van der Waals surface area (Å²) in [5, 5.41) is 0. The molecule has 0 saturated carbocycles. The van der Waals surface area contributed by atoms with Crippen molar-refractivity contribution in [1.82, 2.24) is 0 Å². The van der Waals surface area contributed by atoms with E-state index in [-0.39, 0.29) is 12.1 Å². The highest BCUT2D eigenvalue weighted by molar-refractivity contribution is 5.91. The fraction of sp³-hybridized carbons (Fsp3) is 0.533. The number of rotatable bonds is 3. The van der Waals surface area contributed by atoms with Crippen molar-refractivity contribution in [2.75, 3.05) is 18.1 Å². The maximum absolute atomic E-state index is 11.8. The Morgan fingerprint density at radius 2 is 2.26 bits per heavy atom. The number of anilines is 1. The minimum absolute atomic E-state index is 0.0848. The Labute approximate surface area is 114 Å². The molecule has 0 spiro atoms. The van der Waals surface area contributed by atoms with Gasteiger partial charge in [-0.25, -0.2) is 4.79 Å². The topological polar surface area (TPSA) is 55.6 Å². The zero-order valence-electron chi connectivity index (χ0n) is 11.7. The highest BCUT2D eigenvalue weighted by Gasteiger charge is 2.20. The van der Waals surface area contributed by atoms with Crippen LogP contribution in [0.2, 0.25) is 0 Å². The van der Waals surface area contributed by atoms with Gasteiger partial charge in [0.2, 0.25) is 0 Å². The molecule has 0 unspecified atom stereocenters. The molecule has 19 heavy (non-hydrogen) atoms. The van der Waals surface area contributed by atoms with E-state index in [0.717, 1.165) is 24.2 Å². The molecule has 1 aromatic rings. The summed E-state index contributed by atoms with van der Waals surface area (Å²) in [7, 11) is 0. The third-order valence-corrected chi connectivity index (χ3v) is 3.59. The van der Waals surface area contributed by atoms with Crippen LogP contribution in [0.3, 0.4) is 0 Å². The SMILES string of the molecule is CCOC(=O)c1ccc(N2CCCC[C@H]2N)cc1C. The second-order valence-electron chi connectivity index (χ2n) is 4.98. The molecule has 1 aromatic carbocycles. The number of hydrogen-bond donors (Lipinski definition) is 1. The molecule has 104 valence electrons. The third-order valence-electron chi connectivity index (χ3n) is 3.59. The third kappa shape index (κ3) is 3.07. The lowest BCUT2D eigenvalue weighted by atomic mass is 10.0. The first-order valence-electron chi connectivity index (χ1n) is 6.93. The number of nitrogens with zero attached hydrogens (tertiary/aromatic N) is 1. The van der Waals surface area contributed by atoms with E-state index >= 15 is 0 Å². The first kappa shape index (κ1) is 13.9. The van der Waals surface area contributed by atoms with Crippen molar-refractivity contribution in [1.29, 1.82) is 0 Å². The zero-order valence-corrected chi connectivity index (χ0v) is 11.7. The summed E-state index contributed by atoms with van der Waals surface area (Å²) in [6, 6.07) is 5.83. The van der Waals surface area contributed by atoms with Crippen molar-refractivity contribution in [2.24, 2.45) is 5.73 Å². The molecule has 4 heteroatoms. The first-order valence-corrected chi connectivity index (χ1v) is 6.93. The van der Waals surface area contributed by atoms with Gasteiger partial charge in [-0.1, -0.05) is 0 Å². The van der Waals surface area contributed by atoms with Gasteiger partial charge < -0.3 is 15.4 Å². The predicted molar refractivity (Wildman–Crippen MR) is 76.3 cm³/mol. The molecule has 0 amide bonds. The number of esters is 1. The van der Waals surface area contributed by atoms with E-state index in [9.17, 15) is 4.79 Å². The molecule has 0 aliphatic carbocycles. The van der Waals surface area contributed by atoms with E-state index in [2.05, 4.69) is 4.90 Å². The Bertz CT molecular complexity index is 459. The van der Waals surface area contributed by atoms with Crippen molar-refractivity contribution in [3.05, 3.63) is 29.3 Å². The molecule has 0 aromatic heterocycles. The molecule has 2 N–H and O–H groups in total. The molecule has 1 atom stereocenters. The van der Waals surface area contributed by atoms with Crippen LogP contribution in [-0.4, -0.2) is 25.3 Å². The zero-order chi connectivity index (χ0) is 13.8. The summed E-state index contributed by atoms with van der Waals surface area (Å²) in [5.74, 6) is -0.255. The second-order valence-corrected chi connectivity index (χ2v) is 4.98. The van der Waals surface area contributed by atoms with Crippen LogP contribution in [0.25, 0.3) is 0 Å². The number of carbonyl (C=O) groups excluding carboxylic acids is 1. The monoisotopic (exact) mass is 262 g/mol. The van der Waals surface area contributed by atoms with Gasteiger partial charge in [0.1, 0.15) is 0 Å². The normalized spacial score (nSPS) is 19.3. The minimum atomic E-state index is -0.255. The number of benzene rings is 1. The molecule has 0 radical (unpaired) electrons. The standard InChI is InChI=1S/C15H22N2O2/c1-3-19-15(18)13-8-7-12(10-11(13)2)17-9-5-4-6-14(17)16/h7-8,10,14H,3-6,9,16H2,1-2H3/t14-/m0/s1. The highest BCUT2D eigenvalue weighted by atomic mass is 16.5. The van der Waals surface area contributed by atoms with Crippen molar-refractivity contribution in [3.8, 4) is 0 Å². The van der Waals surface area contributed by atoms with Crippen LogP contribution in [-0.2, 0) is 4.74 Å². The highest BCUT2D eigenvalue weighted by Crippen LogP contribution is 2.25. The van der Waals surface area contributed by atoms with Crippen molar-refractivity contribution in [3.63, 3.8) is 0 Å². The number of carbonyl (C=O) groups is 1. The number of ether oxygens (including phenoxy) is 1. The quantitative estimate of drug-likeness (QED) is 0.850. The van der Waals surface area contributed by atoms with Crippen LogP contribution >= 0.6 is 0 Å². The Hall–Kier alpha value is -1.55.